The highest BCUT2D eigenvalue weighted by atomic mass is 16.6. The molecule has 26 heavy (non-hydrogen) atoms. The Balaban J connectivity index is 0.000000156. The van der Waals surface area contributed by atoms with Crippen LogP contribution in [0.4, 0.5) is 4.79 Å². The normalized spacial score (nSPS) is 9.54. The minimum absolute atomic E-state index is 0.323. The predicted octanol–water partition coefficient (Wildman–Crippen LogP) is 5.31. The van der Waals surface area contributed by atoms with E-state index in [1.165, 1.54) is 0 Å². The number of phenolic OH excluding ortho intramolecular Hbond substituents is 2. The second-order valence-corrected chi connectivity index (χ2v) is 5.35. The Morgan fingerprint density at radius 3 is 1.19 bits per heavy atom. The standard InChI is InChI=1S/2C10H8O.CH2O3/c2*11-10-6-5-8-3-1-2-4-9(8)7-10;2-1(3)4/h2*1-7,11H;(H2,2,3,4). The SMILES string of the molecule is O=C(O)O.Oc1ccc2ccccc2c1.Oc1ccc2ccccc2c1. The molecule has 0 saturated carbocycles. The van der Waals surface area contributed by atoms with Crippen LogP contribution < -0.4 is 0 Å². The highest BCUT2D eigenvalue weighted by Crippen LogP contribution is 2.19. The lowest BCUT2D eigenvalue weighted by Gasteiger charge is -1.96. The lowest BCUT2D eigenvalue weighted by molar-refractivity contribution is 0.137. The number of aromatic hydroxyl groups is 2. The monoisotopic (exact) mass is 350 g/mol. The van der Waals surface area contributed by atoms with Crippen LogP contribution in [0, 0.1) is 0 Å². The zero-order chi connectivity index (χ0) is 18.9. The fraction of sp³-hybridized carbons (Fsp3) is 0. The van der Waals surface area contributed by atoms with Gasteiger partial charge in [-0.3, -0.25) is 0 Å². The molecule has 0 fully saturated rings. The molecular formula is C21H18O5. The molecule has 0 aliphatic rings. The van der Waals surface area contributed by atoms with Gasteiger partial charge in [0.05, 0.1) is 0 Å². The summed E-state index contributed by atoms with van der Waals surface area (Å²) in [6.07, 6.45) is -1.83. The molecule has 0 radical (unpaired) electrons. The molecule has 0 unspecified atom stereocenters. The molecule has 5 heteroatoms. The second kappa shape index (κ2) is 8.94. The number of rotatable bonds is 0. The second-order valence-electron chi connectivity index (χ2n) is 5.35. The number of hydrogen-bond donors (Lipinski definition) is 4. The first kappa shape index (κ1) is 18.6. The van der Waals surface area contributed by atoms with E-state index in [1.807, 2.05) is 60.7 Å². The van der Waals surface area contributed by atoms with Crippen LogP contribution in [-0.2, 0) is 0 Å². The molecule has 132 valence electrons. The summed E-state index contributed by atoms with van der Waals surface area (Å²) in [6, 6.07) is 26.6. The van der Waals surface area contributed by atoms with E-state index in [2.05, 4.69) is 0 Å². The fourth-order valence-electron chi connectivity index (χ4n) is 2.35. The molecular weight excluding hydrogens is 332 g/mol. The maximum Gasteiger partial charge on any atom is 0.503 e. The van der Waals surface area contributed by atoms with E-state index in [0.717, 1.165) is 21.5 Å². The minimum atomic E-state index is -1.83. The van der Waals surface area contributed by atoms with Crippen molar-refractivity contribution < 1.29 is 25.2 Å². The summed E-state index contributed by atoms with van der Waals surface area (Å²) in [7, 11) is 0. The van der Waals surface area contributed by atoms with E-state index in [1.54, 1.807) is 24.3 Å². The van der Waals surface area contributed by atoms with Gasteiger partial charge in [-0.1, -0.05) is 60.7 Å². The molecule has 4 N–H and O–H groups in total. The highest BCUT2D eigenvalue weighted by molar-refractivity contribution is 5.84. The minimum Gasteiger partial charge on any atom is -0.508 e. The molecule has 4 aromatic carbocycles. The first-order valence-corrected chi connectivity index (χ1v) is 7.73. The van der Waals surface area contributed by atoms with Gasteiger partial charge >= 0.3 is 6.16 Å². The first-order valence-electron chi connectivity index (χ1n) is 7.73. The van der Waals surface area contributed by atoms with Gasteiger partial charge < -0.3 is 20.4 Å². The average molecular weight is 350 g/mol. The smallest absolute Gasteiger partial charge is 0.503 e. The van der Waals surface area contributed by atoms with Crippen molar-refractivity contribution in [2.24, 2.45) is 0 Å². The van der Waals surface area contributed by atoms with E-state index < -0.39 is 6.16 Å². The summed E-state index contributed by atoms with van der Waals surface area (Å²) in [4.78, 5) is 8.56. The lowest BCUT2D eigenvalue weighted by atomic mass is 10.1. The summed E-state index contributed by atoms with van der Waals surface area (Å²) in [5, 5.41) is 36.7. The summed E-state index contributed by atoms with van der Waals surface area (Å²) in [6.45, 7) is 0. The molecule has 0 aromatic heterocycles. The van der Waals surface area contributed by atoms with E-state index >= 15 is 0 Å². The molecule has 0 atom stereocenters. The van der Waals surface area contributed by atoms with Crippen molar-refractivity contribution in [2.75, 3.05) is 0 Å². The third-order valence-electron chi connectivity index (χ3n) is 3.47. The largest absolute Gasteiger partial charge is 0.508 e. The van der Waals surface area contributed by atoms with Gasteiger partial charge in [-0.25, -0.2) is 4.79 Å². The Morgan fingerprint density at radius 1 is 0.538 bits per heavy atom. The third-order valence-corrected chi connectivity index (χ3v) is 3.47. The Bertz CT molecular complexity index is 930. The van der Waals surface area contributed by atoms with Gasteiger partial charge in [-0.2, -0.15) is 0 Å². The highest BCUT2D eigenvalue weighted by Gasteiger charge is 1.92. The van der Waals surface area contributed by atoms with Gasteiger partial charge in [0.2, 0.25) is 0 Å². The van der Waals surface area contributed by atoms with Gasteiger partial charge in [0.25, 0.3) is 0 Å². The maximum atomic E-state index is 9.13. The molecule has 0 aliphatic carbocycles. The zero-order valence-corrected chi connectivity index (χ0v) is 13.8. The van der Waals surface area contributed by atoms with Gasteiger partial charge in [-0.05, 0) is 45.8 Å². The lowest BCUT2D eigenvalue weighted by Crippen LogP contribution is -1.81. The molecule has 4 aromatic rings. The number of hydrogen-bond acceptors (Lipinski definition) is 3. The van der Waals surface area contributed by atoms with Crippen LogP contribution in [0.2, 0.25) is 0 Å². The van der Waals surface area contributed by atoms with Crippen molar-refractivity contribution in [2.45, 2.75) is 0 Å². The van der Waals surface area contributed by atoms with Gasteiger partial charge in [0.1, 0.15) is 11.5 Å². The number of carbonyl (C=O) groups is 1. The predicted molar refractivity (Wildman–Crippen MR) is 102 cm³/mol. The Labute approximate surface area is 150 Å². The van der Waals surface area contributed by atoms with Gasteiger partial charge in [-0.15, -0.1) is 0 Å². The van der Waals surface area contributed by atoms with Crippen LogP contribution in [0.1, 0.15) is 0 Å². The fourth-order valence-corrected chi connectivity index (χ4v) is 2.35. The van der Waals surface area contributed by atoms with Crippen molar-refractivity contribution in [3.8, 4) is 11.5 Å². The average Bonchev–Trinajstić information content (AvgIpc) is 2.61. The Hall–Kier alpha value is -3.73. The molecule has 4 rings (SSSR count). The van der Waals surface area contributed by atoms with Gasteiger partial charge in [0, 0.05) is 0 Å². The van der Waals surface area contributed by atoms with Crippen molar-refractivity contribution >= 4 is 27.7 Å². The number of carboxylic acid groups (broad SMARTS) is 2. The van der Waals surface area contributed by atoms with Crippen LogP contribution in [0.25, 0.3) is 21.5 Å². The zero-order valence-electron chi connectivity index (χ0n) is 13.8. The number of fused-ring (bicyclic) bond motifs is 2. The number of phenols is 2. The van der Waals surface area contributed by atoms with Crippen LogP contribution in [-0.4, -0.2) is 26.6 Å². The molecule has 0 spiro atoms. The van der Waals surface area contributed by atoms with Crippen LogP contribution in [0.3, 0.4) is 0 Å². The molecule has 0 bridgehead atoms. The van der Waals surface area contributed by atoms with Crippen LogP contribution in [0.5, 0.6) is 11.5 Å². The van der Waals surface area contributed by atoms with Crippen molar-refractivity contribution in [1.29, 1.82) is 0 Å². The summed E-state index contributed by atoms with van der Waals surface area (Å²) >= 11 is 0. The first-order chi connectivity index (χ1) is 12.5. The van der Waals surface area contributed by atoms with E-state index in [0.29, 0.717) is 11.5 Å². The molecule has 0 heterocycles. The molecule has 0 saturated heterocycles. The number of benzene rings is 4. The summed E-state index contributed by atoms with van der Waals surface area (Å²) < 4.78 is 0. The summed E-state index contributed by atoms with van der Waals surface area (Å²) in [5.74, 6) is 0.646. The summed E-state index contributed by atoms with van der Waals surface area (Å²) in [5.41, 5.74) is 0. The van der Waals surface area contributed by atoms with E-state index in [4.69, 9.17) is 25.2 Å². The van der Waals surface area contributed by atoms with Crippen molar-refractivity contribution in [1.82, 2.24) is 0 Å². The Morgan fingerprint density at radius 2 is 0.846 bits per heavy atom. The van der Waals surface area contributed by atoms with E-state index in [9.17, 15) is 0 Å². The molecule has 0 aliphatic heterocycles. The third kappa shape index (κ3) is 5.72. The van der Waals surface area contributed by atoms with E-state index in [-0.39, 0.29) is 0 Å². The molecule has 0 amide bonds. The molecule has 5 nitrogen and oxygen atoms in total. The maximum absolute atomic E-state index is 9.13. The van der Waals surface area contributed by atoms with Crippen LogP contribution in [0.15, 0.2) is 84.9 Å². The van der Waals surface area contributed by atoms with Crippen molar-refractivity contribution in [3.63, 3.8) is 0 Å². The Kier molecular flexibility index (Phi) is 6.40. The topological polar surface area (TPSA) is 98.0 Å². The van der Waals surface area contributed by atoms with Crippen molar-refractivity contribution in [3.05, 3.63) is 84.9 Å². The quantitative estimate of drug-likeness (QED) is 0.344. The van der Waals surface area contributed by atoms with Gasteiger partial charge in [0.15, 0.2) is 0 Å². The van der Waals surface area contributed by atoms with Crippen LogP contribution >= 0.6 is 0 Å².